The first-order valence-electron chi connectivity index (χ1n) is 8.95. The number of aliphatic imine (C=N–C) groups is 1. The van der Waals surface area contributed by atoms with Crippen LogP contribution < -0.4 is 15.4 Å². The fraction of sp³-hybridized carbons (Fsp3) is 0.400. The quantitative estimate of drug-likeness (QED) is 0.252. The molecule has 0 bridgehead atoms. The minimum absolute atomic E-state index is 0. The van der Waals surface area contributed by atoms with E-state index in [-0.39, 0.29) is 24.0 Å². The maximum Gasteiger partial charge on any atom is 0.191 e. The summed E-state index contributed by atoms with van der Waals surface area (Å²) in [5, 5.41) is 6.57. The smallest absolute Gasteiger partial charge is 0.191 e. The van der Waals surface area contributed by atoms with Gasteiger partial charge in [-0.3, -0.25) is 4.98 Å². The van der Waals surface area contributed by atoms with E-state index in [2.05, 4.69) is 46.6 Å². The zero-order valence-electron chi connectivity index (χ0n) is 15.6. The zero-order valence-corrected chi connectivity index (χ0v) is 17.9. The first-order chi connectivity index (χ1) is 12.3. The lowest BCUT2D eigenvalue weighted by Crippen LogP contribution is -2.36. The predicted molar refractivity (Wildman–Crippen MR) is 118 cm³/mol. The Kier molecular flexibility index (Phi) is 11.4. The molecular weight excluding hydrogens is 439 g/mol. The predicted octanol–water partition coefficient (Wildman–Crippen LogP) is 4.13. The van der Waals surface area contributed by atoms with E-state index in [1.165, 1.54) is 0 Å². The van der Waals surface area contributed by atoms with E-state index in [1.54, 1.807) is 6.20 Å². The maximum absolute atomic E-state index is 5.76. The molecule has 0 atom stereocenters. The summed E-state index contributed by atoms with van der Waals surface area (Å²) < 4.78 is 5.76. The van der Waals surface area contributed by atoms with Crippen molar-refractivity contribution in [1.29, 1.82) is 0 Å². The molecule has 5 nitrogen and oxygen atoms in total. The Hall–Kier alpha value is -1.83. The lowest BCUT2D eigenvalue weighted by atomic mass is 10.2. The van der Waals surface area contributed by atoms with Crippen molar-refractivity contribution in [2.75, 3.05) is 13.2 Å². The summed E-state index contributed by atoms with van der Waals surface area (Å²) in [4.78, 5) is 8.96. The van der Waals surface area contributed by atoms with Gasteiger partial charge in [0.1, 0.15) is 5.75 Å². The van der Waals surface area contributed by atoms with E-state index in [0.29, 0.717) is 13.1 Å². The summed E-state index contributed by atoms with van der Waals surface area (Å²) in [6.07, 6.45) is 4.01. The Bertz CT molecular complexity index is 649. The monoisotopic (exact) mass is 468 g/mol. The van der Waals surface area contributed by atoms with Crippen molar-refractivity contribution in [3.63, 3.8) is 0 Å². The van der Waals surface area contributed by atoms with Crippen molar-refractivity contribution >= 4 is 29.9 Å². The minimum Gasteiger partial charge on any atom is -0.494 e. The van der Waals surface area contributed by atoms with Crippen LogP contribution in [-0.4, -0.2) is 24.1 Å². The number of nitrogens with zero attached hydrogens (tertiary/aromatic N) is 2. The number of hydrogen-bond acceptors (Lipinski definition) is 3. The van der Waals surface area contributed by atoms with Gasteiger partial charge in [-0.25, -0.2) is 4.99 Å². The number of benzene rings is 1. The van der Waals surface area contributed by atoms with Crippen molar-refractivity contribution in [3.8, 4) is 5.75 Å². The van der Waals surface area contributed by atoms with Gasteiger partial charge in [-0.15, -0.1) is 24.0 Å². The number of rotatable bonds is 9. The fourth-order valence-electron chi connectivity index (χ4n) is 2.26. The molecule has 1 aromatic carbocycles. The van der Waals surface area contributed by atoms with Gasteiger partial charge in [-0.1, -0.05) is 31.5 Å². The van der Waals surface area contributed by atoms with Gasteiger partial charge in [0.25, 0.3) is 0 Å². The van der Waals surface area contributed by atoms with Gasteiger partial charge in [-0.05, 0) is 43.2 Å². The molecule has 2 aromatic rings. The summed E-state index contributed by atoms with van der Waals surface area (Å²) in [5.74, 6) is 1.69. The summed E-state index contributed by atoms with van der Waals surface area (Å²) in [7, 11) is 0. The third-order valence-electron chi connectivity index (χ3n) is 3.59. The average Bonchev–Trinajstić information content (AvgIpc) is 2.65. The van der Waals surface area contributed by atoms with Crippen molar-refractivity contribution in [2.45, 2.75) is 39.8 Å². The van der Waals surface area contributed by atoms with Crippen LogP contribution in [0.5, 0.6) is 5.75 Å². The molecule has 0 spiro atoms. The molecular formula is C20H29IN4O. The van der Waals surface area contributed by atoms with Crippen LogP contribution in [0.25, 0.3) is 0 Å². The standard InChI is InChI=1S/C20H28N4O.HI/c1-3-5-13-25-19-11-8-9-17(14-19)15-23-20(21-4-2)24-16-18-10-6-7-12-22-18;/h6-12,14H,3-5,13,15-16H2,1-2H3,(H2,21,23,24);1H. The molecule has 142 valence electrons. The molecule has 0 aliphatic rings. The fourth-order valence-corrected chi connectivity index (χ4v) is 2.26. The second-order valence-corrected chi connectivity index (χ2v) is 5.72. The lowest BCUT2D eigenvalue weighted by Gasteiger charge is -2.11. The second-order valence-electron chi connectivity index (χ2n) is 5.72. The maximum atomic E-state index is 5.76. The molecule has 0 amide bonds. The van der Waals surface area contributed by atoms with E-state index in [4.69, 9.17) is 4.74 Å². The van der Waals surface area contributed by atoms with E-state index in [1.807, 2.05) is 30.3 Å². The third-order valence-corrected chi connectivity index (χ3v) is 3.59. The van der Waals surface area contributed by atoms with Crippen LogP contribution in [0, 0.1) is 0 Å². The second kappa shape index (κ2) is 13.4. The van der Waals surface area contributed by atoms with Gasteiger partial charge in [0.2, 0.25) is 0 Å². The van der Waals surface area contributed by atoms with Crippen molar-refractivity contribution in [2.24, 2.45) is 4.99 Å². The lowest BCUT2D eigenvalue weighted by molar-refractivity contribution is 0.309. The molecule has 0 aliphatic carbocycles. The largest absolute Gasteiger partial charge is 0.494 e. The first-order valence-corrected chi connectivity index (χ1v) is 8.95. The van der Waals surface area contributed by atoms with Crippen LogP contribution in [0.1, 0.15) is 37.9 Å². The summed E-state index contributed by atoms with van der Waals surface area (Å²) in [6, 6.07) is 14.0. The highest BCUT2D eigenvalue weighted by molar-refractivity contribution is 14.0. The number of aromatic nitrogens is 1. The highest BCUT2D eigenvalue weighted by Crippen LogP contribution is 2.14. The molecule has 0 radical (unpaired) electrons. The van der Waals surface area contributed by atoms with Crippen LogP contribution in [-0.2, 0) is 13.1 Å². The van der Waals surface area contributed by atoms with Crippen LogP contribution in [0.15, 0.2) is 53.7 Å². The SMILES string of the molecule is CCCCOc1cccc(CN=C(NCC)NCc2ccccn2)c1.I. The minimum atomic E-state index is 0. The number of hydrogen-bond donors (Lipinski definition) is 2. The molecule has 0 unspecified atom stereocenters. The topological polar surface area (TPSA) is 58.5 Å². The van der Waals surface area contributed by atoms with Gasteiger partial charge in [0.05, 0.1) is 25.4 Å². The van der Waals surface area contributed by atoms with E-state index in [9.17, 15) is 0 Å². The highest BCUT2D eigenvalue weighted by Gasteiger charge is 2.00. The van der Waals surface area contributed by atoms with Crippen LogP contribution >= 0.6 is 24.0 Å². The number of halogens is 1. The van der Waals surface area contributed by atoms with Gasteiger partial charge in [-0.2, -0.15) is 0 Å². The van der Waals surface area contributed by atoms with Crippen LogP contribution in [0.2, 0.25) is 0 Å². The normalized spacial score (nSPS) is 10.8. The number of unbranched alkanes of at least 4 members (excludes halogenated alkanes) is 1. The van der Waals surface area contributed by atoms with Gasteiger partial charge < -0.3 is 15.4 Å². The van der Waals surface area contributed by atoms with E-state index < -0.39 is 0 Å². The zero-order chi connectivity index (χ0) is 17.7. The Morgan fingerprint density at radius 2 is 2.00 bits per heavy atom. The Balaban J connectivity index is 0.00000338. The third kappa shape index (κ3) is 8.51. The van der Waals surface area contributed by atoms with Gasteiger partial charge >= 0.3 is 0 Å². The molecule has 1 heterocycles. The average molecular weight is 468 g/mol. The summed E-state index contributed by atoms with van der Waals surface area (Å²) >= 11 is 0. The molecule has 2 N–H and O–H groups in total. The van der Waals surface area contributed by atoms with Crippen LogP contribution in [0.3, 0.4) is 0 Å². The van der Waals surface area contributed by atoms with Gasteiger partial charge in [0, 0.05) is 12.7 Å². The molecule has 2 rings (SSSR count). The number of pyridine rings is 1. The van der Waals surface area contributed by atoms with Gasteiger partial charge in [0.15, 0.2) is 5.96 Å². The van der Waals surface area contributed by atoms with E-state index >= 15 is 0 Å². The molecule has 6 heteroatoms. The van der Waals surface area contributed by atoms with Crippen molar-refractivity contribution in [3.05, 3.63) is 59.9 Å². The van der Waals surface area contributed by atoms with Crippen LogP contribution in [0.4, 0.5) is 0 Å². The number of guanidine groups is 1. The Labute approximate surface area is 173 Å². The van der Waals surface area contributed by atoms with E-state index in [0.717, 1.165) is 49.0 Å². The highest BCUT2D eigenvalue weighted by atomic mass is 127. The van der Waals surface area contributed by atoms with Crippen molar-refractivity contribution < 1.29 is 4.74 Å². The summed E-state index contributed by atoms with van der Waals surface area (Å²) in [6.45, 7) is 7.04. The summed E-state index contributed by atoms with van der Waals surface area (Å²) in [5.41, 5.74) is 2.11. The molecule has 0 saturated carbocycles. The number of nitrogens with one attached hydrogen (secondary N) is 2. The molecule has 26 heavy (non-hydrogen) atoms. The molecule has 0 aliphatic heterocycles. The Morgan fingerprint density at radius 1 is 1.12 bits per heavy atom. The Morgan fingerprint density at radius 3 is 2.73 bits per heavy atom. The van der Waals surface area contributed by atoms with Crippen molar-refractivity contribution in [1.82, 2.24) is 15.6 Å². The molecule has 1 aromatic heterocycles. The molecule has 0 fully saturated rings. The number of ether oxygens (including phenoxy) is 1. The first kappa shape index (κ1) is 22.2. The molecule has 0 saturated heterocycles.